The summed E-state index contributed by atoms with van der Waals surface area (Å²) >= 11 is 1.25. The van der Waals surface area contributed by atoms with Gasteiger partial charge in [-0.3, -0.25) is 4.79 Å². The van der Waals surface area contributed by atoms with Crippen molar-refractivity contribution in [2.24, 2.45) is 0 Å². The molecule has 3 rings (SSSR count). The molecule has 88 valence electrons. The van der Waals surface area contributed by atoms with Crippen LogP contribution in [0.25, 0.3) is 0 Å². The van der Waals surface area contributed by atoms with Gasteiger partial charge in [0.15, 0.2) is 0 Å². The molecular weight excluding hydrogens is 234 g/mol. The first-order chi connectivity index (χ1) is 8.26. The fraction of sp³-hybridized carbons (Fsp3) is 0.500. The molecule has 0 aromatic carbocycles. The topological polar surface area (TPSA) is 64.9 Å². The molecule has 2 aliphatic heterocycles. The van der Waals surface area contributed by atoms with E-state index in [1.807, 2.05) is 6.07 Å². The zero-order valence-electron chi connectivity index (χ0n) is 9.27. The highest BCUT2D eigenvalue weighted by Gasteiger charge is 2.39. The Morgan fingerprint density at radius 1 is 1.53 bits per heavy atom. The van der Waals surface area contributed by atoms with Gasteiger partial charge in [0, 0.05) is 18.1 Å². The summed E-state index contributed by atoms with van der Waals surface area (Å²) < 4.78 is 0. The monoisotopic (exact) mass is 247 g/mol. The minimum absolute atomic E-state index is 0.0455. The molecule has 1 aromatic rings. The van der Waals surface area contributed by atoms with E-state index in [1.165, 1.54) is 17.8 Å². The number of nitrogens with zero attached hydrogens (tertiary/aromatic N) is 1. The molecule has 0 radical (unpaired) electrons. The quantitative estimate of drug-likeness (QED) is 0.826. The van der Waals surface area contributed by atoms with Crippen LogP contribution in [0.1, 0.15) is 33.8 Å². The molecule has 3 heterocycles. The van der Waals surface area contributed by atoms with E-state index >= 15 is 0 Å². The predicted molar refractivity (Wildman–Crippen MR) is 64.9 cm³/mol. The number of hydrogen-bond acceptors (Lipinski definition) is 4. The van der Waals surface area contributed by atoms with Crippen LogP contribution >= 0.6 is 11.3 Å². The summed E-state index contributed by atoms with van der Waals surface area (Å²) in [6.07, 6.45) is 3.42. The van der Waals surface area contributed by atoms with Crippen LogP contribution in [-0.2, 0) is 0 Å². The van der Waals surface area contributed by atoms with Crippen molar-refractivity contribution in [3.8, 4) is 6.07 Å². The summed E-state index contributed by atoms with van der Waals surface area (Å²) in [5, 5.41) is 15.3. The van der Waals surface area contributed by atoms with E-state index < -0.39 is 0 Å². The third-order valence-electron chi connectivity index (χ3n) is 3.56. The highest BCUT2D eigenvalue weighted by molar-refractivity contribution is 7.14. The van der Waals surface area contributed by atoms with Gasteiger partial charge in [-0.05, 0) is 31.4 Å². The number of amides is 1. The van der Waals surface area contributed by atoms with Gasteiger partial charge in [0.1, 0.15) is 10.9 Å². The lowest BCUT2D eigenvalue weighted by atomic mass is 9.95. The minimum atomic E-state index is -0.0455. The maximum atomic E-state index is 12.0. The Kier molecular flexibility index (Phi) is 2.61. The molecule has 5 heteroatoms. The number of nitriles is 1. The molecule has 2 aliphatic rings. The van der Waals surface area contributed by atoms with Crippen LogP contribution in [0.5, 0.6) is 0 Å². The second-order valence-corrected chi connectivity index (χ2v) is 5.72. The fourth-order valence-electron chi connectivity index (χ4n) is 2.74. The number of carbonyl (C=O) groups excluding carboxylic acids is 1. The van der Waals surface area contributed by atoms with Crippen molar-refractivity contribution in [2.75, 3.05) is 0 Å². The van der Waals surface area contributed by atoms with Crippen LogP contribution in [0.3, 0.4) is 0 Å². The zero-order chi connectivity index (χ0) is 11.8. The van der Waals surface area contributed by atoms with Crippen molar-refractivity contribution in [3.05, 3.63) is 21.9 Å². The molecule has 1 amide bonds. The van der Waals surface area contributed by atoms with Gasteiger partial charge in [-0.25, -0.2) is 0 Å². The number of rotatable bonds is 2. The second kappa shape index (κ2) is 4.13. The van der Waals surface area contributed by atoms with Crippen molar-refractivity contribution in [3.63, 3.8) is 0 Å². The highest BCUT2D eigenvalue weighted by Crippen LogP contribution is 2.28. The molecule has 0 spiro atoms. The van der Waals surface area contributed by atoms with E-state index in [1.54, 1.807) is 12.1 Å². The van der Waals surface area contributed by atoms with E-state index in [0.717, 1.165) is 12.8 Å². The molecule has 2 fully saturated rings. The van der Waals surface area contributed by atoms with Gasteiger partial charge in [-0.15, -0.1) is 11.3 Å². The summed E-state index contributed by atoms with van der Waals surface area (Å²) in [5.41, 5.74) is 0. The van der Waals surface area contributed by atoms with Crippen LogP contribution in [0.2, 0.25) is 0 Å². The minimum Gasteiger partial charge on any atom is -0.347 e. The molecule has 2 saturated heterocycles. The van der Waals surface area contributed by atoms with Gasteiger partial charge in [0.2, 0.25) is 0 Å². The standard InChI is InChI=1S/C12H13N3OS/c13-6-8-2-4-11(17-8)12(16)15-10-5-7-1-3-9(10)14-7/h2,4,7,9-10,14H,1,3,5H2,(H,15,16)/t7-,9+,10-/m1/s1. The molecule has 0 aliphatic carbocycles. The van der Waals surface area contributed by atoms with Gasteiger partial charge in [-0.2, -0.15) is 5.26 Å². The summed E-state index contributed by atoms with van der Waals surface area (Å²) in [4.78, 5) is 13.2. The van der Waals surface area contributed by atoms with Crippen LogP contribution in [-0.4, -0.2) is 24.0 Å². The Balaban J connectivity index is 1.66. The molecule has 0 saturated carbocycles. The maximum Gasteiger partial charge on any atom is 0.261 e. The Morgan fingerprint density at radius 2 is 2.41 bits per heavy atom. The van der Waals surface area contributed by atoms with Crippen LogP contribution in [0.15, 0.2) is 12.1 Å². The van der Waals surface area contributed by atoms with E-state index in [2.05, 4.69) is 10.6 Å². The largest absolute Gasteiger partial charge is 0.347 e. The molecule has 2 N–H and O–H groups in total. The summed E-state index contributed by atoms with van der Waals surface area (Å²) in [6, 6.07) is 6.75. The van der Waals surface area contributed by atoms with Gasteiger partial charge < -0.3 is 10.6 Å². The van der Waals surface area contributed by atoms with E-state index in [-0.39, 0.29) is 11.9 Å². The number of hydrogen-bond donors (Lipinski definition) is 2. The van der Waals surface area contributed by atoms with E-state index in [9.17, 15) is 4.79 Å². The molecule has 17 heavy (non-hydrogen) atoms. The van der Waals surface area contributed by atoms with Crippen molar-refractivity contribution in [1.82, 2.24) is 10.6 Å². The molecule has 2 bridgehead atoms. The number of fused-ring (bicyclic) bond motifs is 2. The van der Waals surface area contributed by atoms with Crippen LogP contribution in [0.4, 0.5) is 0 Å². The smallest absolute Gasteiger partial charge is 0.261 e. The van der Waals surface area contributed by atoms with Crippen molar-refractivity contribution >= 4 is 17.2 Å². The summed E-state index contributed by atoms with van der Waals surface area (Å²) in [7, 11) is 0. The first-order valence-electron chi connectivity index (χ1n) is 5.83. The molecule has 0 unspecified atom stereocenters. The Morgan fingerprint density at radius 3 is 3.00 bits per heavy atom. The lowest BCUT2D eigenvalue weighted by Crippen LogP contribution is -2.42. The highest BCUT2D eigenvalue weighted by atomic mass is 32.1. The van der Waals surface area contributed by atoms with Gasteiger partial charge in [0.05, 0.1) is 4.88 Å². The average Bonchev–Trinajstić information content (AvgIpc) is 3.04. The second-order valence-electron chi connectivity index (χ2n) is 4.64. The van der Waals surface area contributed by atoms with E-state index in [4.69, 9.17) is 5.26 Å². The first-order valence-corrected chi connectivity index (χ1v) is 6.65. The number of thiophene rings is 1. The first kappa shape index (κ1) is 10.8. The maximum absolute atomic E-state index is 12.0. The van der Waals surface area contributed by atoms with Crippen molar-refractivity contribution < 1.29 is 4.79 Å². The molecule has 3 atom stereocenters. The average molecular weight is 247 g/mol. The Labute approximate surface area is 104 Å². The number of nitrogens with one attached hydrogen (secondary N) is 2. The fourth-order valence-corrected chi connectivity index (χ4v) is 3.45. The lowest BCUT2D eigenvalue weighted by Gasteiger charge is -2.20. The Hall–Kier alpha value is -1.38. The van der Waals surface area contributed by atoms with Gasteiger partial charge >= 0.3 is 0 Å². The summed E-state index contributed by atoms with van der Waals surface area (Å²) in [6.45, 7) is 0. The third-order valence-corrected chi connectivity index (χ3v) is 4.55. The molecule has 1 aromatic heterocycles. The third kappa shape index (κ3) is 1.94. The molecule has 4 nitrogen and oxygen atoms in total. The molecular formula is C12H13N3OS. The summed E-state index contributed by atoms with van der Waals surface area (Å²) in [5.74, 6) is -0.0455. The van der Waals surface area contributed by atoms with Crippen molar-refractivity contribution in [1.29, 1.82) is 5.26 Å². The van der Waals surface area contributed by atoms with Gasteiger partial charge in [0.25, 0.3) is 5.91 Å². The van der Waals surface area contributed by atoms with Crippen LogP contribution in [0, 0.1) is 11.3 Å². The van der Waals surface area contributed by atoms with Crippen molar-refractivity contribution in [2.45, 2.75) is 37.4 Å². The normalized spacial score (nSPS) is 30.2. The lowest BCUT2D eigenvalue weighted by molar-refractivity contribution is 0.0935. The Bertz CT molecular complexity index is 490. The predicted octanol–water partition coefficient (Wildman–Crippen LogP) is 1.24. The van der Waals surface area contributed by atoms with E-state index in [0.29, 0.717) is 21.8 Å². The zero-order valence-corrected chi connectivity index (χ0v) is 10.1. The van der Waals surface area contributed by atoms with Gasteiger partial charge in [-0.1, -0.05) is 0 Å². The van der Waals surface area contributed by atoms with Crippen LogP contribution < -0.4 is 10.6 Å². The SMILES string of the molecule is N#Cc1ccc(C(=O)N[C@@H]2C[C@H]3CC[C@@H]2N3)s1. The number of carbonyl (C=O) groups is 1.